The van der Waals surface area contributed by atoms with Crippen molar-refractivity contribution >= 4 is 29.0 Å². The molecule has 4 rings (SSSR count). The van der Waals surface area contributed by atoms with Crippen LogP contribution in [0.5, 0.6) is 0 Å². The van der Waals surface area contributed by atoms with E-state index in [1.54, 1.807) is 4.90 Å². The minimum Gasteiger partial charge on any atom is -0.306 e. The highest BCUT2D eigenvalue weighted by Crippen LogP contribution is 2.27. The molecule has 6 heteroatoms. The predicted molar refractivity (Wildman–Crippen MR) is 126 cm³/mol. The van der Waals surface area contributed by atoms with Crippen molar-refractivity contribution < 1.29 is 4.79 Å². The van der Waals surface area contributed by atoms with Crippen LogP contribution in [-0.4, -0.2) is 26.4 Å². The third-order valence-corrected chi connectivity index (χ3v) is 5.92. The summed E-state index contributed by atoms with van der Waals surface area (Å²) in [5, 5.41) is 9.31. The van der Waals surface area contributed by atoms with Crippen molar-refractivity contribution in [1.82, 2.24) is 14.8 Å². The largest absolute Gasteiger partial charge is 0.306 e. The maximum atomic E-state index is 13.3. The summed E-state index contributed by atoms with van der Waals surface area (Å²) in [6, 6.07) is 29.8. The third-order valence-electron chi connectivity index (χ3n) is 4.97. The van der Waals surface area contributed by atoms with Gasteiger partial charge in [-0.1, -0.05) is 78.5 Å². The van der Waals surface area contributed by atoms with Gasteiger partial charge in [0.2, 0.25) is 5.91 Å². The molecule has 5 nitrogen and oxygen atoms in total. The average Bonchev–Trinajstić information content (AvgIpc) is 3.18. The number of hydrogen-bond donors (Lipinski definition) is 0. The lowest BCUT2D eigenvalue weighted by atomic mass is 10.1. The zero-order valence-corrected chi connectivity index (χ0v) is 18.2. The first kappa shape index (κ1) is 20.9. The summed E-state index contributed by atoms with van der Waals surface area (Å²) in [4.78, 5) is 15.0. The lowest BCUT2D eigenvalue weighted by molar-refractivity contribution is -0.115. The fourth-order valence-electron chi connectivity index (χ4n) is 3.39. The van der Waals surface area contributed by atoms with Crippen LogP contribution in [0.25, 0.3) is 0 Å². The number of benzene rings is 3. The van der Waals surface area contributed by atoms with Gasteiger partial charge in [-0.05, 0) is 43.2 Å². The highest BCUT2D eigenvalue weighted by atomic mass is 32.2. The first-order valence-electron chi connectivity index (χ1n) is 10.2. The molecule has 0 bridgehead atoms. The zero-order chi connectivity index (χ0) is 21.5. The molecule has 0 radical (unpaired) electrons. The number of nitrogens with zero attached hydrogens (tertiary/aromatic N) is 4. The Morgan fingerprint density at radius 3 is 1.97 bits per heavy atom. The van der Waals surface area contributed by atoms with Crippen LogP contribution >= 0.6 is 11.8 Å². The maximum Gasteiger partial charge on any atom is 0.242 e. The quantitative estimate of drug-likeness (QED) is 0.358. The van der Waals surface area contributed by atoms with Gasteiger partial charge in [-0.25, -0.2) is 0 Å². The molecule has 0 atom stereocenters. The van der Waals surface area contributed by atoms with E-state index in [0.29, 0.717) is 0 Å². The van der Waals surface area contributed by atoms with Gasteiger partial charge in [-0.3, -0.25) is 9.69 Å². The average molecular weight is 429 g/mol. The fourth-order valence-corrected chi connectivity index (χ4v) is 4.25. The minimum absolute atomic E-state index is 0.00216. The number of hydrogen-bond acceptors (Lipinski definition) is 4. The van der Waals surface area contributed by atoms with Crippen LogP contribution in [0.2, 0.25) is 0 Å². The van der Waals surface area contributed by atoms with Gasteiger partial charge in [0.25, 0.3) is 0 Å². The van der Waals surface area contributed by atoms with E-state index in [1.165, 1.54) is 17.3 Å². The molecule has 0 aliphatic heterocycles. The van der Waals surface area contributed by atoms with Crippen LogP contribution in [0.15, 0.2) is 96.2 Å². The van der Waals surface area contributed by atoms with E-state index in [0.717, 1.165) is 35.3 Å². The van der Waals surface area contributed by atoms with Crippen molar-refractivity contribution in [2.45, 2.75) is 25.0 Å². The molecule has 0 N–H and O–H groups in total. The summed E-state index contributed by atoms with van der Waals surface area (Å²) in [7, 11) is 0. The number of anilines is 2. The Labute approximate surface area is 186 Å². The first-order chi connectivity index (χ1) is 15.2. The van der Waals surface area contributed by atoms with Crippen LogP contribution in [-0.2, 0) is 17.8 Å². The third kappa shape index (κ3) is 5.22. The second-order valence-corrected chi connectivity index (χ2v) is 8.05. The topological polar surface area (TPSA) is 51.0 Å². The van der Waals surface area contributed by atoms with Gasteiger partial charge in [-0.15, -0.1) is 10.2 Å². The molecular formula is C25H24N4OS. The number of aromatic nitrogens is 3. The number of para-hydroxylation sites is 2. The molecular weight excluding hydrogens is 404 g/mol. The molecule has 156 valence electrons. The normalized spacial score (nSPS) is 10.7. The lowest BCUT2D eigenvalue weighted by Crippen LogP contribution is -2.27. The second kappa shape index (κ2) is 10.1. The molecule has 1 heterocycles. The summed E-state index contributed by atoms with van der Waals surface area (Å²) in [6.07, 6.45) is 0.890. The molecule has 1 amide bonds. The predicted octanol–water partition coefficient (Wildman–Crippen LogP) is 5.29. The lowest BCUT2D eigenvalue weighted by Gasteiger charge is -2.23. The molecule has 4 aromatic rings. The standard InChI is InChI=1S/C25H24N4OS/c1-20-26-27-25(28(20)18-17-21-11-5-2-6-12-21)31-19-24(30)29(22-13-7-3-8-14-22)23-15-9-4-10-16-23/h2-16H,17-19H2,1H3. The van der Waals surface area contributed by atoms with Gasteiger partial charge in [0.05, 0.1) is 5.75 Å². The van der Waals surface area contributed by atoms with Crippen molar-refractivity contribution in [2.24, 2.45) is 0 Å². The van der Waals surface area contributed by atoms with Crippen molar-refractivity contribution in [3.63, 3.8) is 0 Å². The molecule has 0 saturated heterocycles. The van der Waals surface area contributed by atoms with Crippen molar-refractivity contribution in [3.8, 4) is 0 Å². The molecule has 0 aliphatic carbocycles. The van der Waals surface area contributed by atoms with E-state index in [1.807, 2.05) is 85.8 Å². The van der Waals surface area contributed by atoms with E-state index in [2.05, 4.69) is 26.9 Å². The Balaban J connectivity index is 1.48. The van der Waals surface area contributed by atoms with Gasteiger partial charge < -0.3 is 4.57 Å². The van der Waals surface area contributed by atoms with E-state index in [9.17, 15) is 4.79 Å². The molecule has 0 spiro atoms. The Hall–Kier alpha value is -3.38. The monoisotopic (exact) mass is 428 g/mol. The summed E-state index contributed by atoms with van der Waals surface area (Å²) in [5.74, 6) is 1.12. The molecule has 0 fully saturated rings. The van der Waals surface area contributed by atoms with E-state index in [-0.39, 0.29) is 11.7 Å². The molecule has 0 aliphatic rings. The van der Waals surface area contributed by atoms with Crippen LogP contribution in [0.3, 0.4) is 0 Å². The number of carbonyl (C=O) groups is 1. The van der Waals surface area contributed by atoms with Crippen LogP contribution in [0.1, 0.15) is 11.4 Å². The second-order valence-electron chi connectivity index (χ2n) is 7.11. The molecule has 3 aromatic carbocycles. The highest BCUT2D eigenvalue weighted by molar-refractivity contribution is 7.99. The van der Waals surface area contributed by atoms with Gasteiger partial charge in [-0.2, -0.15) is 0 Å². The Morgan fingerprint density at radius 2 is 1.39 bits per heavy atom. The van der Waals surface area contributed by atoms with Crippen molar-refractivity contribution in [3.05, 3.63) is 102 Å². The Bertz CT molecular complexity index is 1070. The molecule has 0 saturated carbocycles. The van der Waals surface area contributed by atoms with Crippen LogP contribution < -0.4 is 4.90 Å². The molecule has 1 aromatic heterocycles. The minimum atomic E-state index is -0.00216. The summed E-state index contributed by atoms with van der Waals surface area (Å²) in [5.41, 5.74) is 2.96. The van der Waals surface area contributed by atoms with Gasteiger partial charge in [0, 0.05) is 17.9 Å². The first-order valence-corrected chi connectivity index (χ1v) is 11.2. The van der Waals surface area contributed by atoms with E-state index in [4.69, 9.17) is 0 Å². The van der Waals surface area contributed by atoms with Crippen molar-refractivity contribution in [1.29, 1.82) is 0 Å². The van der Waals surface area contributed by atoms with Gasteiger partial charge in [0.15, 0.2) is 5.16 Å². The number of aryl methyl sites for hydroxylation is 2. The highest BCUT2D eigenvalue weighted by Gasteiger charge is 2.19. The smallest absolute Gasteiger partial charge is 0.242 e. The SMILES string of the molecule is Cc1nnc(SCC(=O)N(c2ccccc2)c2ccccc2)n1CCc1ccccc1. The van der Waals surface area contributed by atoms with Gasteiger partial charge >= 0.3 is 0 Å². The van der Waals surface area contributed by atoms with Crippen molar-refractivity contribution in [2.75, 3.05) is 10.7 Å². The summed E-state index contributed by atoms with van der Waals surface area (Å²) in [6.45, 7) is 2.73. The summed E-state index contributed by atoms with van der Waals surface area (Å²) < 4.78 is 2.08. The summed E-state index contributed by atoms with van der Waals surface area (Å²) >= 11 is 1.43. The molecule has 31 heavy (non-hydrogen) atoms. The Kier molecular flexibility index (Phi) is 6.79. The molecule has 0 unspecified atom stereocenters. The Morgan fingerprint density at radius 1 is 0.839 bits per heavy atom. The van der Waals surface area contributed by atoms with Gasteiger partial charge in [0.1, 0.15) is 5.82 Å². The number of thioether (sulfide) groups is 1. The fraction of sp³-hybridized carbons (Fsp3) is 0.160. The van der Waals surface area contributed by atoms with Crippen LogP contribution in [0, 0.1) is 6.92 Å². The number of rotatable bonds is 8. The maximum absolute atomic E-state index is 13.3. The van der Waals surface area contributed by atoms with Crippen LogP contribution in [0.4, 0.5) is 11.4 Å². The van der Waals surface area contributed by atoms with E-state index < -0.39 is 0 Å². The van der Waals surface area contributed by atoms with E-state index >= 15 is 0 Å². The zero-order valence-electron chi connectivity index (χ0n) is 17.4. The number of carbonyl (C=O) groups excluding carboxylic acids is 1. The number of amides is 1.